The van der Waals surface area contributed by atoms with Gasteiger partial charge in [-0.15, -0.1) is 0 Å². The molecule has 0 aliphatic heterocycles. The Morgan fingerprint density at radius 1 is 1.54 bits per heavy atom. The minimum Gasteiger partial charge on any atom is -0.315 e. The lowest BCUT2D eigenvalue weighted by molar-refractivity contribution is 0.929. The van der Waals surface area contributed by atoms with Gasteiger partial charge in [-0.1, -0.05) is 6.92 Å². The lowest BCUT2D eigenvalue weighted by Gasteiger charge is -2.05. The molecule has 0 saturated heterocycles. The summed E-state index contributed by atoms with van der Waals surface area (Å²) in [7, 11) is 2.41. The number of aromatic nitrogens is 2. The quantitative estimate of drug-likeness (QED) is 0.628. The van der Waals surface area contributed by atoms with Crippen molar-refractivity contribution in [2.75, 3.05) is 0 Å². The summed E-state index contributed by atoms with van der Waals surface area (Å²) in [6, 6.07) is 3.72. The highest BCUT2D eigenvalue weighted by atomic mass is 31.0. The molecule has 0 aliphatic rings. The largest absolute Gasteiger partial charge is 0.315 e. The Morgan fingerprint density at radius 3 is 3.00 bits per heavy atom. The molecule has 1 atom stereocenters. The summed E-state index contributed by atoms with van der Waals surface area (Å²) in [5.74, 6) is 0. The van der Waals surface area contributed by atoms with Crippen molar-refractivity contribution >= 4 is 14.9 Å². The van der Waals surface area contributed by atoms with E-state index < -0.39 is 0 Å². The van der Waals surface area contributed by atoms with Crippen LogP contribution in [0.4, 0.5) is 0 Å². The normalized spacial score (nSPS) is 10.9. The van der Waals surface area contributed by atoms with Crippen molar-refractivity contribution in [2.45, 2.75) is 13.3 Å². The lowest BCUT2D eigenvalue weighted by Crippen LogP contribution is -2.16. The zero-order valence-electron chi connectivity index (χ0n) is 7.40. The van der Waals surface area contributed by atoms with Crippen molar-refractivity contribution in [3.05, 3.63) is 40.6 Å². The molecule has 3 nitrogen and oxygen atoms in total. The highest BCUT2D eigenvalue weighted by Gasteiger charge is 2.03. The zero-order chi connectivity index (χ0) is 9.42. The third-order valence-electron chi connectivity index (χ3n) is 2.16. The molecule has 0 aliphatic carbocycles. The Bertz CT molecular complexity index is 498. The standard InChI is InChI=1S/C9H11N2OP/c1-2-7-6-11(13)9(12)8-4-3-5-10(7)8/h3-6H,2,13H2,1H3. The van der Waals surface area contributed by atoms with Crippen LogP contribution in [0.1, 0.15) is 12.6 Å². The number of aryl methyl sites for hydroxylation is 1. The van der Waals surface area contributed by atoms with Gasteiger partial charge >= 0.3 is 0 Å². The molecule has 13 heavy (non-hydrogen) atoms. The van der Waals surface area contributed by atoms with Crippen LogP contribution in [0.25, 0.3) is 5.52 Å². The summed E-state index contributed by atoms with van der Waals surface area (Å²) in [4.78, 5) is 11.6. The first-order valence-electron chi connectivity index (χ1n) is 4.20. The van der Waals surface area contributed by atoms with Gasteiger partial charge in [0.25, 0.3) is 5.56 Å². The fourth-order valence-electron chi connectivity index (χ4n) is 1.48. The van der Waals surface area contributed by atoms with Crippen LogP contribution in [-0.4, -0.2) is 8.74 Å². The van der Waals surface area contributed by atoms with E-state index in [0.717, 1.165) is 17.6 Å². The highest BCUT2D eigenvalue weighted by Crippen LogP contribution is 2.06. The van der Waals surface area contributed by atoms with Gasteiger partial charge in [-0.2, -0.15) is 0 Å². The van der Waals surface area contributed by atoms with Crippen molar-refractivity contribution in [3.63, 3.8) is 0 Å². The van der Waals surface area contributed by atoms with Crippen molar-refractivity contribution in [3.8, 4) is 0 Å². The van der Waals surface area contributed by atoms with Gasteiger partial charge in [-0.3, -0.25) is 9.13 Å². The number of hydrogen-bond acceptors (Lipinski definition) is 1. The molecule has 0 fully saturated rings. The molecule has 0 N–H and O–H groups in total. The Morgan fingerprint density at radius 2 is 2.31 bits per heavy atom. The van der Waals surface area contributed by atoms with Gasteiger partial charge in [0.05, 0.1) is 0 Å². The first kappa shape index (κ1) is 8.52. The molecule has 2 heterocycles. The van der Waals surface area contributed by atoms with Crippen molar-refractivity contribution < 1.29 is 0 Å². The molecule has 1 unspecified atom stereocenters. The third kappa shape index (κ3) is 1.20. The molecule has 2 rings (SSSR count). The van der Waals surface area contributed by atoms with E-state index >= 15 is 0 Å². The van der Waals surface area contributed by atoms with E-state index in [2.05, 4.69) is 16.3 Å². The molecular formula is C9H11N2OP. The maximum absolute atomic E-state index is 11.6. The Kier molecular flexibility index (Phi) is 1.97. The van der Waals surface area contributed by atoms with E-state index in [-0.39, 0.29) is 5.56 Å². The van der Waals surface area contributed by atoms with Crippen LogP contribution in [0, 0.1) is 0 Å². The van der Waals surface area contributed by atoms with E-state index in [1.165, 1.54) is 0 Å². The molecule has 0 bridgehead atoms. The van der Waals surface area contributed by atoms with Gasteiger partial charge in [0.2, 0.25) is 0 Å². The van der Waals surface area contributed by atoms with Gasteiger partial charge in [0, 0.05) is 18.1 Å². The van der Waals surface area contributed by atoms with Gasteiger partial charge in [0.1, 0.15) is 5.52 Å². The second-order valence-corrected chi connectivity index (χ2v) is 3.51. The fraction of sp³-hybridized carbons (Fsp3) is 0.222. The lowest BCUT2D eigenvalue weighted by atomic mass is 10.3. The second kappa shape index (κ2) is 3.00. The number of fused-ring (bicyclic) bond motifs is 1. The molecule has 0 amide bonds. The van der Waals surface area contributed by atoms with Crippen molar-refractivity contribution in [1.82, 2.24) is 8.74 Å². The zero-order valence-corrected chi connectivity index (χ0v) is 8.55. The molecule has 0 spiro atoms. The van der Waals surface area contributed by atoms with E-state index in [0.29, 0.717) is 0 Å². The summed E-state index contributed by atoms with van der Waals surface area (Å²) in [5, 5.41) is 0. The summed E-state index contributed by atoms with van der Waals surface area (Å²) >= 11 is 0. The average molecular weight is 194 g/mol. The first-order valence-corrected chi connectivity index (χ1v) is 4.72. The van der Waals surface area contributed by atoms with Crippen molar-refractivity contribution in [2.24, 2.45) is 0 Å². The van der Waals surface area contributed by atoms with Gasteiger partial charge in [-0.25, -0.2) is 0 Å². The molecule has 0 aromatic carbocycles. The summed E-state index contributed by atoms with van der Waals surface area (Å²) in [6.45, 7) is 2.07. The van der Waals surface area contributed by atoms with E-state index in [1.807, 2.05) is 28.9 Å². The molecule has 0 radical (unpaired) electrons. The van der Waals surface area contributed by atoms with Crippen LogP contribution >= 0.6 is 9.39 Å². The van der Waals surface area contributed by atoms with Gasteiger partial charge in [0.15, 0.2) is 0 Å². The number of rotatable bonds is 1. The topological polar surface area (TPSA) is 26.4 Å². The monoisotopic (exact) mass is 194 g/mol. The van der Waals surface area contributed by atoms with Crippen LogP contribution in [0.15, 0.2) is 29.3 Å². The molecule has 2 aromatic heterocycles. The summed E-state index contributed by atoms with van der Waals surface area (Å²) in [5.41, 5.74) is 1.89. The highest BCUT2D eigenvalue weighted by molar-refractivity contribution is 7.14. The van der Waals surface area contributed by atoms with Crippen molar-refractivity contribution in [1.29, 1.82) is 0 Å². The predicted octanol–water partition coefficient (Wildman–Crippen LogP) is 1.30. The molecular weight excluding hydrogens is 183 g/mol. The molecule has 4 heteroatoms. The van der Waals surface area contributed by atoms with Gasteiger partial charge in [-0.05, 0) is 27.9 Å². The van der Waals surface area contributed by atoms with Crippen LogP contribution in [0.3, 0.4) is 0 Å². The maximum atomic E-state index is 11.6. The Hall–Kier alpha value is -1.08. The summed E-state index contributed by atoms with van der Waals surface area (Å²) in [6.07, 6.45) is 4.68. The van der Waals surface area contributed by atoms with E-state index in [4.69, 9.17) is 0 Å². The molecule has 0 saturated carbocycles. The maximum Gasteiger partial charge on any atom is 0.277 e. The first-order chi connectivity index (χ1) is 6.24. The fourth-order valence-corrected chi connectivity index (χ4v) is 1.79. The minimum atomic E-state index is 0.0206. The molecule has 68 valence electrons. The van der Waals surface area contributed by atoms with Crippen LogP contribution in [0.5, 0.6) is 0 Å². The van der Waals surface area contributed by atoms with E-state index in [9.17, 15) is 4.79 Å². The number of nitrogens with zero attached hydrogens (tertiary/aromatic N) is 2. The van der Waals surface area contributed by atoms with Crippen LogP contribution in [0.2, 0.25) is 0 Å². The smallest absolute Gasteiger partial charge is 0.277 e. The SMILES string of the molecule is CCc1cn(P)c(=O)c2cccn12. The third-order valence-corrected chi connectivity index (χ3v) is 2.55. The molecule has 2 aromatic rings. The predicted molar refractivity (Wildman–Crippen MR) is 56.1 cm³/mol. The van der Waals surface area contributed by atoms with Gasteiger partial charge < -0.3 is 4.40 Å². The Labute approximate surface area is 78.3 Å². The minimum absolute atomic E-state index is 0.0206. The van der Waals surface area contributed by atoms with E-state index in [1.54, 1.807) is 4.34 Å². The number of hydrogen-bond donors (Lipinski definition) is 0. The van der Waals surface area contributed by atoms with Crippen LogP contribution < -0.4 is 5.56 Å². The average Bonchev–Trinajstić information content (AvgIpc) is 2.60. The van der Waals surface area contributed by atoms with Crippen LogP contribution in [-0.2, 0) is 6.42 Å². The Balaban J connectivity index is 2.95. The second-order valence-electron chi connectivity index (χ2n) is 2.95. The summed E-state index contributed by atoms with van der Waals surface area (Å²) < 4.78 is 3.48.